The second-order valence-corrected chi connectivity index (χ2v) is 7.64. The summed E-state index contributed by atoms with van der Waals surface area (Å²) < 4.78 is 2.54. The van der Waals surface area contributed by atoms with E-state index in [1.165, 1.54) is 29.6 Å². The van der Waals surface area contributed by atoms with E-state index in [0.717, 1.165) is 31.0 Å². The molecule has 1 N–H and O–H groups in total. The van der Waals surface area contributed by atoms with Crippen LogP contribution in [-0.2, 0) is 4.79 Å². The molecule has 0 spiro atoms. The molecule has 3 rings (SSSR count). The first-order chi connectivity index (χ1) is 12.1. The number of nitrogens with zero attached hydrogens (tertiary/aromatic N) is 3. The van der Waals surface area contributed by atoms with E-state index in [0.29, 0.717) is 0 Å². The molecule has 5 nitrogen and oxygen atoms in total. The number of nitrogens with one attached hydrogen (secondary N) is 1. The molecule has 1 aromatic carbocycles. The molecule has 0 bridgehead atoms. The van der Waals surface area contributed by atoms with Gasteiger partial charge in [0.1, 0.15) is 0 Å². The molecule has 2 aromatic heterocycles. The Kier molecular flexibility index (Phi) is 5.47. The van der Waals surface area contributed by atoms with Gasteiger partial charge >= 0.3 is 0 Å². The van der Waals surface area contributed by atoms with Crippen LogP contribution in [0.25, 0.3) is 10.6 Å². The Hall–Kier alpha value is -2.22. The van der Waals surface area contributed by atoms with Crippen molar-refractivity contribution in [2.75, 3.05) is 12.4 Å². The standard InChI is InChI=1S/C17H15ClN4OS2/c1-11(23)21-13-5-3-12(4-6-13)9-20-22-14(10-24-17(22)19-2)15-7-8-16(18)25-15/h3-10H,1-2H3,(H,21,23)/b19-17?,20-9-. The van der Waals surface area contributed by atoms with Gasteiger partial charge in [0.05, 0.1) is 21.1 Å². The Morgan fingerprint density at radius 3 is 2.60 bits per heavy atom. The second kappa shape index (κ2) is 7.77. The molecule has 0 aliphatic rings. The minimum Gasteiger partial charge on any atom is -0.326 e. The van der Waals surface area contributed by atoms with Crippen LogP contribution in [0.15, 0.2) is 51.9 Å². The third-order valence-corrected chi connectivity index (χ3v) is 5.42. The average molecular weight is 391 g/mol. The number of thiazole rings is 1. The summed E-state index contributed by atoms with van der Waals surface area (Å²) >= 11 is 9.07. The van der Waals surface area contributed by atoms with Crippen molar-refractivity contribution < 1.29 is 4.79 Å². The van der Waals surface area contributed by atoms with Gasteiger partial charge in [-0.2, -0.15) is 5.10 Å². The lowest BCUT2D eigenvalue weighted by Crippen LogP contribution is -2.11. The predicted octanol–water partition coefficient (Wildman–Crippen LogP) is 4.30. The third-order valence-electron chi connectivity index (χ3n) is 3.26. The number of benzene rings is 1. The molecule has 3 aromatic rings. The van der Waals surface area contributed by atoms with Crippen LogP contribution >= 0.6 is 34.3 Å². The van der Waals surface area contributed by atoms with Crippen molar-refractivity contribution in [3.8, 4) is 10.6 Å². The van der Waals surface area contributed by atoms with Gasteiger partial charge in [0.25, 0.3) is 0 Å². The molecule has 0 saturated carbocycles. The number of halogens is 1. The molecule has 0 unspecified atom stereocenters. The molecule has 1 amide bonds. The maximum atomic E-state index is 11.1. The number of rotatable bonds is 4. The smallest absolute Gasteiger partial charge is 0.221 e. The Morgan fingerprint density at radius 1 is 1.24 bits per heavy atom. The summed E-state index contributed by atoms with van der Waals surface area (Å²) in [5, 5.41) is 9.32. The lowest BCUT2D eigenvalue weighted by atomic mass is 10.2. The predicted molar refractivity (Wildman–Crippen MR) is 106 cm³/mol. The average Bonchev–Trinajstić information content (AvgIpc) is 3.19. The minimum absolute atomic E-state index is 0.0938. The number of hydrogen-bond donors (Lipinski definition) is 1. The molecule has 25 heavy (non-hydrogen) atoms. The second-order valence-electron chi connectivity index (χ2n) is 5.09. The largest absolute Gasteiger partial charge is 0.326 e. The topological polar surface area (TPSA) is 58.8 Å². The number of thiophene rings is 1. The summed E-state index contributed by atoms with van der Waals surface area (Å²) in [7, 11) is 1.74. The van der Waals surface area contributed by atoms with Crippen molar-refractivity contribution in [2.45, 2.75) is 6.92 Å². The van der Waals surface area contributed by atoms with E-state index < -0.39 is 0 Å². The van der Waals surface area contributed by atoms with Crippen molar-refractivity contribution in [1.82, 2.24) is 4.68 Å². The van der Waals surface area contributed by atoms with E-state index >= 15 is 0 Å². The molecular weight excluding hydrogens is 376 g/mol. The van der Waals surface area contributed by atoms with Gasteiger partial charge in [0.2, 0.25) is 10.7 Å². The van der Waals surface area contributed by atoms with Crippen LogP contribution in [0.4, 0.5) is 5.69 Å². The number of aromatic nitrogens is 1. The summed E-state index contributed by atoms with van der Waals surface area (Å²) in [5.41, 5.74) is 2.63. The summed E-state index contributed by atoms with van der Waals surface area (Å²) in [6.45, 7) is 1.48. The molecule has 0 radical (unpaired) electrons. The van der Waals surface area contributed by atoms with E-state index in [1.54, 1.807) is 17.9 Å². The van der Waals surface area contributed by atoms with Crippen molar-refractivity contribution >= 4 is 52.1 Å². The highest BCUT2D eigenvalue weighted by atomic mass is 35.5. The normalized spacial score (nSPS) is 12.0. The first-order valence-corrected chi connectivity index (χ1v) is 9.45. The number of anilines is 1. The van der Waals surface area contributed by atoms with Crippen LogP contribution in [0.3, 0.4) is 0 Å². The monoisotopic (exact) mass is 390 g/mol. The lowest BCUT2D eigenvalue weighted by molar-refractivity contribution is -0.114. The SMILES string of the molecule is CN=c1scc(-c2ccc(Cl)s2)n1/N=C\c1ccc(NC(C)=O)cc1. The van der Waals surface area contributed by atoms with E-state index in [1.807, 2.05) is 41.8 Å². The first kappa shape index (κ1) is 17.6. The Morgan fingerprint density at radius 2 is 2.00 bits per heavy atom. The van der Waals surface area contributed by atoms with Gasteiger partial charge < -0.3 is 5.32 Å². The summed E-state index contributed by atoms with van der Waals surface area (Å²) in [6.07, 6.45) is 1.76. The molecule has 128 valence electrons. The fourth-order valence-corrected chi connectivity index (χ4v) is 4.08. The number of carbonyl (C=O) groups is 1. The molecule has 8 heteroatoms. The van der Waals surface area contributed by atoms with Gasteiger partial charge in [-0.05, 0) is 29.8 Å². The van der Waals surface area contributed by atoms with E-state index in [9.17, 15) is 4.79 Å². The maximum absolute atomic E-state index is 11.1. The van der Waals surface area contributed by atoms with Crippen LogP contribution in [-0.4, -0.2) is 23.8 Å². The maximum Gasteiger partial charge on any atom is 0.221 e. The van der Waals surface area contributed by atoms with Crippen molar-refractivity contribution in [3.05, 3.63) is 56.5 Å². The zero-order valence-electron chi connectivity index (χ0n) is 13.6. The summed E-state index contributed by atoms with van der Waals surface area (Å²) in [4.78, 5) is 17.2. The van der Waals surface area contributed by atoms with Crippen LogP contribution in [0, 0.1) is 0 Å². The van der Waals surface area contributed by atoms with Crippen LogP contribution in [0.1, 0.15) is 12.5 Å². The molecular formula is C17H15ClN4OS2. The first-order valence-electron chi connectivity index (χ1n) is 7.38. The highest BCUT2D eigenvalue weighted by molar-refractivity contribution is 7.19. The molecule has 0 saturated heterocycles. The van der Waals surface area contributed by atoms with Crippen LogP contribution in [0.5, 0.6) is 0 Å². The van der Waals surface area contributed by atoms with Crippen molar-refractivity contribution in [1.29, 1.82) is 0 Å². The van der Waals surface area contributed by atoms with E-state index in [4.69, 9.17) is 11.6 Å². The van der Waals surface area contributed by atoms with Crippen LogP contribution < -0.4 is 10.1 Å². The fraction of sp³-hybridized carbons (Fsp3) is 0.118. The van der Waals surface area contributed by atoms with Gasteiger partial charge in [0.15, 0.2) is 0 Å². The Bertz CT molecular complexity index is 983. The van der Waals surface area contributed by atoms with E-state index in [2.05, 4.69) is 15.4 Å². The lowest BCUT2D eigenvalue weighted by Gasteiger charge is -2.02. The van der Waals surface area contributed by atoms with E-state index in [-0.39, 0.29) is 5.91 Å². The van der Waals surface area contributed by atoms with Gasteiger partial charge in [0, 0.05) is 25.0 Å². The Labute approximate surface area is 157 Å². The molecule has 0 aliphatic heterocycles. The van der Waals surface area contributed by atoms with Crippen LogP contribution in [0.2, 0.25) is 4.34 Å². The summed E-state index contributed by atoms with van der Waals surface area (Å²) in [6, 6.07) is 11.3. The van der Waals surface area contributed by atoms with Crippen molar-refractivity contribution in [3.63, 3.8) is 0 Å². The summed E-state index contributed by atoms with van der Waals surface area (Å²) in [5.74, 6) is -0.0938. The van der Waals surface area contributed by atoms with Gasteiger partial charge in [-0.25, -0.2) is 4.68 Å². The zero-order valence-corrected chi connectivity index (χ0v) is 16.0. The zero-order chi connectivity index (χ0) is 17.8. The Balaban J connectivity index is 1.91. The van der Waals surface area contributed by atoms with Gasteiger partial charge in [-0.1, -0.05) is 23.7 Å². The van der Waals surface area contributed by atoms with Gasteiger partial charge in [-0.3, -0.25) is 9.79 Å². The number of carbonyl (C=O) groups excluding carboxylic acids is 1. The molecule has 2 heterocycles. The highest BCUT2D eigenvalue weighted by Crippen LogP contribution is 2.31. The molecule has 0 atom stereocenters. The van der Waals surface area contributed by atoms with Crippen molar-refractivity contribution in [2.24, 2.45) is 10.1 Å². The quantitative estimate of drug-likeness (QED) is 0.663. The number of amides is 1. The third kappa shape index (κ3) is 4.25. The fourth-order valence-electron chi connectivity index (χ4n) is 2.17. The highest BCUT2D eigenvalue weighted by Gasteiger charge is 2.09. The molecule has 0 aliphatic carbocycles. The molecule has 0 fully saturated rings. The number of hydrogen-bond acceptors (Lipinski definition) is 5. The van der Waals surface area contributed by atoms with Gasteiger partial charge in [-0.15, -0.1) is 22.7 Å². The minimum atomic E-state index is -0.0938.